The summed E-state index contributed by atoms with van der Waals surface area (Å²) < 4.78 is 8.26. The van der Waals surface area contributed by atoms with Crippen LogP contribution in [0, 0.1) is 0 Å². The Labute approximate surface area is 117 Å². The molecule has 0 fully saturated rings. The zero-order valence-corrected chi connectivity index (χ0v) is 13.2. The number of aliphatic hydroxyl groups is 1. The molecular formula is C13H23BrN2O2. The number of hydrogen-bond donors (Lipinski definition) is 1. The summed E-state index contributed by atoms with van der Waals surface area (Å²) in [7, 11) is 1.64. The van der Waals surface area contributed by atoms with Crippen molar-refractivity contribution in [1.29, 1.82) is 0 Å². The number of methoxy groups -OCH3 is 1. The van der Waals surface area contributed by atoms with E-state index in [0.717, 1.165) is 35.2 Å². The molecule has 0 spiro atoms. The molecule has 0 aliphatic rings. The quantitative estimate of drug-likeness (QED) is 0.840. The first-order valence-electron chi connectivity index (χ1n) is 6.53. The minimum Gasteiger partial charge on any atom is -0.390 e. The average molecular weight is 319 g/mol. The third-order valence-corrected chi connectivity index (χ3v) is 4.15. The maximum atomic E-state index is 10.2. The molecule has 2 unspecified atom stereocenters. The Morgan fingerprint density at radius 3 is 2.50 bits per heavy atom. The van der Waals surface area contributed by atoms with E-state index < -0.39 is 6.10 Å². The molecular weight excluding hydrogens is 296 g/mol. The van der Waals surface area contributed by atoms with Gasteiger partial charge >= 0.3 is 0 Å². The molecule has 0 aliphatic carbocycles. The van der Waals surface area contributed by atoms with E-state index in [2.05, 4.69) is 34.9 Å². The first kappa shape index (κ1) is 15.7. The first-order valence-corrected chi connectivity index (χ1v) is 7.33. The molecule has 1 aromatic rings. The van der Waals surface area contributed by atoms with Gasteiger partial charge in [-0.1, -0.05) is 13.8 Å². The Morgan fingerprint density at radius 1 is 1.39 bits per heavy atom. The van der Waals surface area contributed by atoms with Gasteiger partial charge in [-0.3, -0.25) is 4.68 Å². The second-order valence-corrected chi connectivity index (χ2v) is 5.12. The summed E-state index contributed by atoms with van der Waals surface area (Å²) >= 11 is 3.59. The third-order valence-electron chi connectivity index (χ3n) is 3.23. The molecule has 0 saturated carbocycles. The van der Waals surface area contributed by atoms with Gasteiger partial charge in [-0.25, -0.2) is 0 Å². The number of aryl methyl sites for hydroxylation is 2. The lowest BCUT2D eigenvalue weighted by atomic mass is 10.1. The maximum Gasteiger partial charge on any atom is 0.0857 e. The van der Waals surface area contributed by atoms with Gasteiger partial charge in [-0.15, -0.1) is 0 Å². The number of hydrogen-bond acceptors (Lipinski definition) is 3. The molecule has 1 heterocycles. The van der Waals surface area contributed by atoms with Crippen molar-refractivity contribution in [2.24, 2.45) is 0 Å². The Morgan fingerprint density at radius 2 is 2.06 bits per heavy atom. The Balaban J connectivity index is 2.92. The number of rotatable bonds is 7. The first-order chi connectivity index (χ1) is 8.58. The van der Waals surface area contributed by atoms with Gasteiger partial charge in [0.05, 0.1) is 28.1 Å². The van der Waals surface area contributed by atoms with Crippen molar-refractivity contribution in [2.45, 2.75) is 58.8 Å². The predicted octanol–water partition coefficient (Wildman–Crippen LogP) is 2.56. The van der Waals surface area contributed by atoms with Gasteiger partial charge in [-0.2, -0.15) is 5.10 Å². The van der Waals surface area contributed by atoms with E-state index in [-0.39, 0.29) is 6.10 Å². The molecule has 1 rings (SSSR count). The molecule has 1 aromatic heterocycles. The van der Waals surface area contributed by atoms with E-state index in [1.165, 1.54) is 0 Å². The summed E-state index contributed by atoms with van der Waals surface area (Å²) in [4.78, 5) is 0. The number of aliphatic hydroxyl groups excluding tert-OH is 1. The highest BCUT2D eigenvalue weighted by molar-refractivity contribution is 9.10. The van der Waals surface area contributed by atoms with E-state index >= 15 is 0 Å². The lowest BCUT2D eigenvalue weighted by Gasteiger charge is -2.20. The molecule has 4 nitrogen and oxygen atoms in total. The molecule has 104 valence electrons. The standard InChI is InChI=1S/C13H23BrN2O2/c1-5-9-13(14)10(16(7-3)15-9)8-11(17)12(6-2)18-4/h11-12,17H,5-8H2,1-4H3. The van der Waals surface area contributed by atoms with Crippen LogP contribution in [-0.4, -0.2) is 34.2 Å². The molecule has 0 radical (unpaired) electrons. The van der Waals surface area contributed by atoms with Crippen molar-refractivity contribution in [2.75, 3.05) is 7.11 Å². The van der Waals surface area contributed by atoms with Crippen LogP contribution in [0.25, 0.3) is 0 Å². The van der Waals surface area contributed by atoms with Crippen molar-refractivity contribution in [1.82, 2.24) is 9.78 Å². The van der Waals surface area contributed by atoms with Gasteiger partial charge < -0.3 is 9.84 Å². The molecule has 5 heteroatoms. The largest absolute Gasteiger partial charge is 0.390 e. The molecule has 1 N–H and O–H groups in total. The predicted molar refractivity (Wildman–Crippen MR) is 75.8 cm³/mol. The van der Waals surface area contributed by atoms with Crippen molar-refractivity contribution in [3.63, 3.8) is 0 Å². The second-order valence-electron chi connectivity index (χ2n) is 4.33. The van der Waals surface area contributed by atoms with Crippen LogP contribution < -0.4 is 0 Å². The highest BCUT2D eigenvalue weighted by atomic mass is 79.9. The third kappa shape index (κ3) is 3.33. The molecule has 0 amide bonds. The highest BCUT2D eigenvalue weighted by Gasteiger charge is 2.22. The summed E-state index contributed by atoms with van der Waals surface area (Å²) in [6, 6.07) is 0. The van der Waals surface area contributed by atoms with Crippen LogP contribution in [0.15, 0.2) is 4.47 Å². The molecule has 0 aromatic carbocycles. The smallest absolute Gasteiger partial charge is 0.0857 e. The van der Waals surface area contributed by atoms with Gasteiger partial charge in [0.15, 0.2) is 0 Å². The molecule has 0 bridgehead atoms. The average Bonchev–Trinajstić information content (AvgIpc) is 2.68. The normalized spacial score (nSPS) is 14.8. The summed E-state index contributed by atoms with van der Waals surface area (Å²) in [5, 5.41) is 14.7. The van der Waals surface area contributed by atoms with Crippen molar-refractivity contribution in [3.05, 3.63) is 15.9 Å². The van der Waals surface area contributed by atoms with Crippen molar-refractivity contribution < 1.29 is 9.84 Å². The van der Waals surface area contributed by atoms with Crippen molar-refractivity contribution >= 4 is 15.9 Å². The fourth-order valence-corrected chi connectivity index (χ4v) is 2.86. The Hall–Kier alpha value is -0.390. The van der Waals surface area contributed by atoms with Crippen LogP contribution in [0.5, 0.6) is 0 Å². The van der Waals surface area contributed by atoms with Crippen LogP contribution in [0.4, 0.5) is 0 Å². The zero-order chi connectivity index (χ0) is 13.7. The molecule has 18 heavy (non-hydrogen) atoms. The summed E-state index contributed by atoms with van der Waals surface area (Å²) in [6.45, 7) is 6.96. The lowest BCUT2D eigenvalue weighted by Crippen LogP contribution is -2.30. The number of ether oxygens (including phenoxy) is 1. The number of aromatic nitrogens is 2. The summed E-state index contributed by atoms with van der Waals surface area (Å²) in [6.07, 6.45) is 1.63. The summed E-state index contributed by atoms with van der Waals surface area (Å²) in [5.74, 6) is 0. The molecule has 0 saturated heterocycles. The molecule has 2 atom stereocenters. The monoisotopic (exact) mass is 318 g/mol. The number of halogens is 1. The van der Waals surface area contributed by atoms with E-state index in [1.807, 2.05) is 11.6 Å². The van der Waals surface area contributed by atoms with E-state index in [4.69, 9.17) is 4.74 Å². The SMILES string of the molecule is CCc1nn(CC)c(CC(O)C(CC)OC)c1Br. The van der Waals surface area contributed by atoms with E-state index in [0.29, 0.717) is 6.42 Å². The van der Waals surface area contributed by atoms with E-state index in [9.17, 15) is 5.11 Å². The minimum atomic E-state index is -0.497. The van der Waals surface area contributed by atoms with E-state index in [1.54, 1.807) is 7.11 Å². The maximum absolute atomic E-state index is 10.2. The fourth-order valence-electron chi connectivity index (χ4n) is 2.14. The summed E-state index contributed by atoms with van der Waals surface area (Å²) in [5.41, 5.74) is 2.10. The van der Waals surface area contributed by atoms with Gasteiger partial charge in [0.2, 0.25) is 0 Å². The number of nitrogens with zero attached hydrogens (tertiary/aromatic N) is 2. The molecule has 0 aliphatic heterocycles. The van der Waals surface area contributed by atoms with Gasteiger partial charge in [-0.05, 0) is 35.7 Å². The van der Waals surface area contributed by atoms with Gasteiger partial charge in [0, 0.05) is 20.1 Å². The Kier molecular flexibility index (Phi) is 6.32. The fraction of sp³-hybridized carbons (Fsp3) is 0.769. The van der Waals surface area contributed by atoms with Crippen LogP contribution in [0.1, 0.15) is 38.6 Å². The van der Waals surface area contributed by atoms with Crippen LogP contribution in [-0.2, 0) is 24.1 Å². The topological polar surface area (TPSA) is 47.3 Å². The lowest BCUT2D eigenvalue weighted by molar-refractivity contribution is -0.0137. The van der Waals surface area contributed by atoms with Gasteiger partial charge in [0.25, 0.3) is 0 Å². The second kappa shape index (κ2) is 7.26. The van der Waals surface area contributed by atoms with Crippen LogP contribution in [0.3, 0.4) is 0 Å². The van der Waals surface area contributed by atoms with Gasteiger partial charge in [0.1, 0.15) is 0 Å². The minimum absolute atomic E-state index is 0.123. The van der Waals surface area contributed by atoms with Crippen molar-refractivity contribution in [3.8, 4) is 0 Å². The van der Waals surface area contributed by atoms with Crippen LogP contribution in [0.2, 0.25) is 0 Å². The van der Waals surface area contributed by atoms with Crippen LogP contribution >= 0.6 is 15.9 Å². The zero-order valence-electron chi connectivity index (χ0n) is 11.6. The Bertz CT molecular complexity index is 375. The highest BCUT2D eigenvalue weighted by Crippen LogP contribution is 2.24.